The highest BCUT2D eigenvalue weighted by molar-refractivity contribution is 5.82. The zero-order valence-electron chi connectivity index (χ0n) is 10.5. The lowest BCUT2D eigenvalue weighted by atomic mass is 10.1. The van der Waals surface area contributed by atoms with E-state index in [1.165, 1.54) is 12.8 Å². The van der Waals surface area contributed by atoms with E-state index in [9.17, 15) is 9.90 Å². The normalized spacial score (nSPS) is 34.1. The summed E-state index contributed by atoms with van der Waals surface area (Å²) in [7, 11) is 0. The topological polar surface area (TPSA) is 64.6 Å². The van der Waals surface area contributed by atoms with E-state index in [2.05, 4.69) is 22.5 Å². The van der Waals surface area contributed by atoms with Crippen molar-refractivity contribution in [2.75, 3.05) is 26.2 Å². The molecule has 2 heterocycles. The summed E-state index contributed by atoms with van der Waals surface area (Å²) in [6.07, 6.45) is 2.57. The van der Waals surface area contributed by atoms with Crippen molar-refractivity contribution < 1.29 is 9.90 Å². The Morgan fingerprint density at radius 1 is 1.59 bits per heavy atom. The minimum atomic E-state index is -0.371. The van der Waals surface area contributed by atoms with Gasteiger partial charge < -0.3 is 15.7 Å². The van der Waals surface area contributed by atoms with Gasteiger partial charge in [-0.25, -0.2) is 0 Å². The molecule has 17 heavy (non-hydrogen) atoms. The average molecular weight is 241 g/mol. The Balaban J connectivity index is 1.72. The van der Waals surface area contributed by atoms with Crippen molar-refractivity contribution in [3.8, 4) is 0 Å². The number of nitrogens with one attached hydrogen (secondary N) is 2. The smallest absolute Gasteiger partial charge is 0.237 e. The molecule has 5 heteroatoms. The fourth-order valence-corrected chi connectivity index (χ4v) is 2.80. The first-order chi connectivity index (χ1) is 8.20. The van der Waals surface area contributed by atoms with Crippen molar-refractivity contribution in [1.29, 1.82) is 0 Å². The van der Waals surface area contributed by atoms with Crippen LogP contribution >= 0.6 is 0 Å². The van der Waals surface area contributed by atoms with E-state index >= 15 is 0 Å². The second kappa shape index (κ2) is 5.80. The van der Waals surface area contributed by atoms with E-state index in [1.54, 1.807) is 0 Å². The van der Waals surface area contributed by atoms with Gasteiger partial charge in [0.1, 0.15) is 0 Å². The maximum Gasteiger partial charge on any atom is 0.237 e. The first-order valence-corrected chi connectivity index (χ1v) is 6.64. The highest BCUT2D eigenvalue weighted by Crippen LogP contribution is 2.15. The van der Waals surface area contributed by atoms with Crippen LogP contribution in [0.4, 0.5) is 0 Å². The van der Waals surface area contributed by atoms with Gasteiger partial charge in [-0.15, -0.1) is 0 Å². The Labute approximate surface area is 103 Å². The molecular weight excluding hydrogens is 218 g/mol. The van der Waals surface area contributed by atoms with E-state index in [-0.39, 0.29) is 18.1 Å². The number of β-amino-alcohol motifs (C(OH)–C–C–N with tert-alkyl or cyclic N) is 1. The van der Waals surface area contributed by atoms with Gasteiger partial charge in [0.05, 0.1) is 12.1 Å². The van der Waals surface area contributed by atoms with Gasteiger partial charge in [-0.2, -0.15) is 0 Å². The molecule has 0 aromatic heterocycles. The molecule has 2 aliphatic heterocycles. The summed E-state index contributed by atoms with van der Waals surface area (Å²) in [6, 6.07) is 0.289. The average Bonchev–Trinajstić information content (AvgIpc) is 2.94. The summed E-state index contributed by atoms with van der Waals surface area (Å²) in [4.78, 5) is 14.3. The monoisotopic (exact) mass is 241 g/mol. The largest absolute Gasteiger partial charge is 0.392 e. The molecule has 1 amide bonds. The van der Waals surface area contributed by atoms with Gasteiger partial charge in [0.25, 0.3) is 0 Å². The summed E-state index contributed by atoms with van der Waals surface area (Å²) in [6.45, 7) is 5.64. The van der Waals surface area contributed by atoms with Crippen LogP contribution in [0.25, 0.3) is 0 Å². The molecule has 0 aliphatic carbocycles. The van der Waals surface area contributed by atoms with Crippen molar-refractivity contribution in [2.45, 2.75) is 44.4 Å². The van der Waals surface area contributed by atoms with Crippen LogP contribution in [-0.4, -0.2) is 60.3 Å². The Kier molecular flexibility index (Phi) is 4.36. The van der Waals surface area contributed by atoms with Gasteiger partial charge in [0.2, 0.25) is 5.91 Å². The molecule has 3 unspecified atom stereocenters. The molecule has 2 saturated heterocycles. The summed E-state index contributed by atoms with van der Waals surface area (Å²) in [5.74, 6) is 0.0319. The van der Waals surface area contributed by atoms with Crippen molar-refractivity contribution in [2.24, 2.45) is 0 Å². The molecule has 3 N–H and O–H groups in total. The molecule has 2 fully saturated rings. The van der Waals surface area contributed by atoms with E-state index in [1.807, 2.05) is 0 Å². The molecule has 0 aromatic rings. The summed E-state index contributed by atoms with van der Waals surface area (Å²) in [5, 5.41) is 15.4. The fraction of sp³-hybridized carbons (Fsp3) is 0.917. The quantitative estimate of drug-likeness (QED) is 0.609. The van der Waals surface area contributed by atoms with Crippen LogP contribution in [0.1, 0.15) is 26.2 Å². The lowest BCUT2D eigenvalue weighted by Gasteiger charge is -2.23. The maximum absolute atomic E-state index is 11.8. The van der Waals surface area contributed by atoms with Crippen LogP contribution in [0.2, 0.25) is 0 Å². The van der Waals surface area contributed by atoms with Crippen molar-refractivity contribution >= 4 is 5.91 Å². The van der Waals surface area contributed by atoms with E-state index < -0.39 is 0 Å². The molecular formula is C12H23N3O2. The molecule has 2 rings (SSSR count). The number of hydrogen-bond donors (Lipinski definition) is 3. The van der Waals surface area contributed by atoms with Gasteiger partial charge in [-0.1, -0.05) is 6.92 Å². The maximum atomic E-state index is 11.8. The Hall–Kier alpha value is -0.650. The standard InChI is InChI=1S/C12H23N3O2/c1-2-15-5-3-4-9(15)7-14-12(17)11-6-10(16)8-13-11/h9-11,13,16H,2-8H2,1H3,(H,14,17). The third-order valence-corrected chi connectivity index (χ3v) is 3.84. The van der Waals surface area contributed by atoms with Crippen LogP contribution in [0.15, 0.2) is 0 Å². The summed E-state index contributed by atoms with van der Waals surface area (Å²) in [5.41, 5.74) is 0. The Morgan fingerprint density at radius 2 is 2.41 bits per heavy atom. The predicted octanol–water partition coefficient (Wildman–Crippen LogP) is -0.690. The van der Waals surface area contributed by atoms with Crippen LogP contribution in [0.5, 0.6) is 0 Å². The lowest BCUT2D eigenvalue weighted by Crippen LogP contribution is -2.46. The van der Waals surface area contributed by atoms with E-state index in [4.69, 9.17) is 0 Å². The molecule has 3 atom stereocenters. The van der Waals surface area contributed by atoms with Crippen molar-refractivity contribution in [3.05, 3.63) is 0 Å². The minimum absolute atomic E-state index is 0.0319. The number of carbonyl (C=O) groups is 1. The molecule has 0 bridgehead atoms. The third kappa shape index (κ3) is 3.18. The molecule has 0 saturated carbocycles. The van der Waals surface area contributed by atoms with Gasteiger partial charge in [-0.05, 0) is 32.4 Å². The first kappa shape index (κ1) is 12.8. The molecule has 0 radical (unpaired) electrons. The second-order valence-corrected chi connectivity index (χ2v) is 5.02. The number of nitrogens with zero attached hydrogens (tertiary/aromatic N) is 1. The van der Waals surface area contributed by atoms with Gasteiger partial charge in [0.15, 0.2) is 0 Å². The zero-order chi connectivity index (χ0) is 12.3. The SMILES string of the molecule is CCN1CCCC1CNC(=O)C1CC(O)CN1. The number of likely N-dealkylation sites (tertiary alicyclic amines) is 1. The highest BCUT2D eigenvalue weighted by atomic mass is 16.3. The molecule has 5 nitrogen and oxygen atoms in total. The number of aliphatic hydroxyl groups excluding tert-OH is 1. The molecule has 2 aliphatic rings. The third-order valence-electron chi connectivity index (χ3n) is 3.84. The fourth-order valence-electron chi connectivity index (χ4n) is 2.80. The highest BCUT2D eigenvalue weighted by Gasteiger charge is 2.29. The van der Waals surface area contributed by atoms with Crippen molar-refractivity contribution in [1.82, 2.24) is 15.5 Å². The minimum Gasteiger partial charge on any atom is -0.392 e. The zero-order valence-corrected chi connectivity index (χ0v) is 10.5. The predicted molar refractivity (Wildman–Crippen MR) is 65.7 cm³/mol. The first-order valence-electron chi connectivity index (χ1n) is 6.64. The molecule has 98 valence electrons. The molecule has 0 spiro atoms. The van der Waals surface area contributed by atoms with Crippen LogP contribution in [0.3, 0.4) is 0 Å². The van der Waals surface area contributed by atoms with Gasteiger partial charge >= 0.3 is 0 Å². The van der Waals surface area contributed by atoms with E-state index in [0.717, 1.165) is 19.6 Å². The van der Waals surface area contributed by atoms with Crippen LogP contribution in [0, 0.1) is 0 Å². The molecule has 0 aromatic carbocycles. The number of carbonyl (C=O) groups excluding carboxylic acids is 1. The van der Waals surface area contributed by atoms with Crippen molar-refractivity contribution in [3.63, 3.8) is 0 Å². The number of amides is 1. The van der Waals surface area contributed by atoms with Crippen LogP contribution < -0.4 is 10.6 Å². The van der Waals surface area contributed by atoms with Crippen LogP contribution in [-0.2, 0) is 4.79 Å². The number of rotatable bonds is 4. The second-order valence-electron chi connectivity index (χ2n) is 5.02. The Morgan fingerprint density at radius 3 is 3.06 bits per heavy atom. The van der Waals surface area contributed by atoms with Gasteiger partial charge in [-0.3, -0.25) is 9.69 Å². The Bertz CT molecular complexity index is 272. The number of likely N-dealkylation sites (N-methyl/N-ethyl adjacent to an activating group) is 1. The lowest BCUT2D eigenvalue weighted by molar-refractivity contribution is -0.123. The number of hydrogen-bond acceptors (Lipinski definition) is 4. The summed E-state index contributed by atoms with van der Waals surface area (Å²) >= 11 is 0. The summed E-state index contributed by atoms with van der Waals surface area (Å²) < 4.78 is 0. The van der Waals surface area contributed by atoms with E-state index in [0.29, 0.717) is 19.0 Å². The van der Waals surface area contributed by atoms with Gasteiger partial charge in [0, 0.05) is 19.1 Å². The number of aliphatic hydroxyl groups is 1.